The Bertz CT molecular complexity index is 1090. The SMILES string of the molecule is CC(=NS(=O)(=O)c1ccc(C)cc1)N1CCN(S(=O)(=O)c2ccc(C)cc2)C1. The highest BCUT2D eigenvalue weighted by molar-refractivity contribution is 7.90. The Labute approximate surface area is 166 Å². The van der Waals surface area contributed by atoms with Crippen LogP contribution in [0.2, 0.25) is 0 Å². The molecule has 1 aliphatic rings. The summed E-state index contributed by atoms with van der Waals surface area (Å²) in [5.41, 5.74) is 1.93. The number of rotatable bonds is 4. The van der Waals surface area contributed by atoms with E-state index in [4.69, 9.17) is 0 Å². The minimum atomic E-state index is -3.85. The first kappa shape index (κ1) is 20.5. The van der Waals surface area contributed by atoms with Crippen molar-refractivity contribution in [3.05, 3.63) is 59.7 Å². The van der Waals surface area contributed by atoms with Gasteiger partial charge in [0.2, 0.25) is 10.0 Å². The molecule has 0 N–H and O–H groups in total. The van der Waals surface area contributed by atoms with Gasteiger partial charge in [0.15, 0.2) is 0 Å². The fraction of sp³-hybridized carbons (Fsp3) is 0.316. The number of nitrogens with zero attached hydrogens (tertiary/aromatic N) is 3. The molecule has 7 nitrogen and oxygen atoms in total. The van der Waals surface area contributed by atoms with E-state index in [0.29, 0.717) is 6.54 Å². The highest BCUT2D eigenvalue weighted by Gasteiger charge is 2.32. The zero-order valence-corrected chi connectivity index (χ0v) is 17.7. The average Bonchev–Trinajstić information content (AvgIpc) is 3.13. The second kappa shape index (κ2) is 7.65. The molecule has 0 saturated carbocycles. The molecular formula is C19H23N3O4S2. The molecule has 2 aromatic carbocycles. The van der Waals surface area contributed by atoms with E-state index in [1.165, 1.54) is 16.4 Å². The van der Waals surface area contributed by atoms with Crippen molar-refractivity contribution in [3.8, 4) is 0 Å². The maximum atomic E-state index is 12.8. The third-order valence-electron chi connectivity index (χ3n) is 4.64. The first-order valence-electron chi connectivity index (χ1n) is 8.79. The van der Waals surface area contributed by atoms with Crippen molar-refractivity contribution < 1.29 is 16.8 Å². The van der Waals surface area contributed by atoms with Gasteiger partial charge in [-0.3, -0.25) is 0 Å². The molecule has 0 atom stereocenters. The van der Waals surface area contributed by atoms with Crippen molar-refractivity contribution in [3.63, 3.8) is 0 Å². The van der Waals surface area contributed by atoms with E-state index in [2.05, 4.69) is 4.40 Å². The van der Waals surface area contributed by atoms with Crippen LogP contribution in [0.3, 0.4) is 0 Å². The third-order valence-corrected chi connectivity index (χ3v) is 7.85. The van der Waals surface area contributed by atoms with E-state index in [9.17, 15) is 16.8 Å². The number of amidine groups is 1. The van der Waals surface area contributed by atoms with E-state index in [0.717, 1.165) is 11.1 Å². The van der Waals surface area contributed by atoms with Crippen LogP contribution in [0.1, 0.15) is 18.1 Å². The molecule has 9 heteroatoms. The monoisotopic (exact) mass is 421 g/mol. The van der Waals surface area contributed by atoms with Crippen LogP contribution in [-0.2, 0) is 20.0 Å². The first-order valence-corrected chi connectivity index (χ1v) is 11.7. The summed E-state index contributed by atoms with van der Waals surface area (Å²) in [6.45, 7) is 6.06. The molecule has 0 aromatic heterocycles. The van der Waals surface area contributed by atoms with Crippen molar-refractivity contribution in [1.82, 2.24) is 9.21 Å². The molecule has 2 aromatic rings. The Morgan fingerprint density at radius 2 is 1.32 bits per heavy atom. The molecule has 0 radical (unpaired) electrons. The summed E-state index contributed by atoms with van der Waals surface area (Å²) in [4.78, 5) is 1.99. The lowest BCUT2D eigenvalue weighted by Crippen LogP contribution is -2.33. The molecule has 1 heterocycles. The maximum absolute atomic E-state index is 12.8. The van der Waals surface area contributed by atoms with Gasteiger partial charge < -0.3 is 4.90 Å². The van der Waals surface area contributed by atoms with Gasteiger partial charge in [0.1, 0.15) is 5.84 Å². The zero-order chi connectivity index (χ0) is 20.5. The highest BCUT2D eigenvalue weighted by atomic mass is 32.2. The summed E-state index contributed by atoms with van der Waals surface area (Å²) >= 11 is 0. The molecule has 0 spiro atoms. The number of hydrogen-bond donors (Lipinski definition) is 0. The molecule has 0 amide bonds. The van der Waals surface area contributed by atoms with Crippen LogP contribution in [0, 0.1) is 13.8 Å². The van der Waals surface area contributed by atoms with Crippen molar-refractivity contribution >= 4 is 25.9 Å². The smallest absolute Gasteiger partial charge is 0.283 e. The second-order valence-corrected chi connectivity index (χ2v) is 10.4. The third kappa shape index (κ3) is 4.26. The van der Waals surface area contributed by atoms with Gasteiger partial charge >= 0.3 is 0 Å². The normalized spacial score (nSPS) is 16.5. The van der Waals surface area contributed by atoms with Crippen molar-refractivity contribution in [2.45, 2.75) is 30.6 Å². The summed E-state index contributed by atoms with van der Waals surface area (Å²) in [5.74, 6) is 0.266. The Hall–Kier alpha value is -2.23. The molecule has 3 rings (SSSR count). The average molecular weight is 422 g/mol. The lowest BCUT2D eigenvalue weighted by molar-refractivity contribution is 0.416. The van der Waals surface area contributed by atoms with E-state index in [1.807, 2.05) is 13.8 Å². The lowest BCUT2D eigenvalue weighted by Gasteiger charge is -2.19. The molecule has 28 heavy (non-hydrogen) atoms. The summed E-state index contributed by atoms with van der Waals surface area (Å²) in [6, 6.07) is 13.1. The molecular weight excluding hydrogens is 398 g/mol. The van der Waals surface area contributed by atoms with Gasteiger partial charge in [-0.05, 0) is 45.0 Å². The standard InChI is InChI=1S/C19H23N3O4S2/c1-15-4-8-18(9-5-15)27(23,24)20-17(3)21-12-13-22(14-21)28(25,26)19-10-6-16(2)7-11-19/h4-11H,12-14H2,1-3H3. The Kier molecular flexibility index (Phi) is 5.60. The summed E-state index contributed by atoms with van der Waals surface area (Å²) in [7, 11) is -7.48. The maximum Gasteiger partial charge on any atom is 0.283 e. The summed E-state index contributed by atoms with van der Waals surface area (Å²) < 4.78 is 55.8. The molecule has 150 valence electrons. The van der Waals surface area contributed by atoms with Crippen molar-refractivity contribution in [2.75, 3.05) is 19.8 Å². The molecule has 1 saturated heterocycles. The highest BCUT2D eigenvalue weighted by Crippen LogP contribution is 2.21. The summed E-state index contributed by atoms with van der Waals surface area (Å²) in [5, 5.41) is 0. The van der Waals surface area contributed by atoms with Crippen LogP contribution in [-0.4, -0.2) is 51.6 Å². The molecule has 0 unspecified atom stereocenters. The van der Waals surface area contributed by atoms with E-state index in [1.54, 1.807) is 48.2 Å². The number of benzene rings is 2. The van der Waals surface area contributed by atoms with Gasteiger partial charge in [0, 0.05) is 13.1 Å². The minimum Gasteiger partial charge on any atom is -0.344 e. The van der Waals surface area contributed by atoms with Crippen molar-refractivity contribution in [2.24, 2.45) is 4.40 Å². The van der Waals surface area contributed by atoms with Gasteiger partial charge in [-0.15, -0.1) is 4.40 Å². The number of hydrogen-bond acceptors (Lipinski definition) is 4. The molecule has 0 bridgehead atoms. The number of aryl methyl sites for hydroxylation is 2. The van der Waals surface area contributed by atoms with Crippen LogP contribution in [0.25, 0.3) is 0 Å². The minimum absolute atomic E-state index is 0.0644. The van der Waals surface area contributed by atoms with Crippen LogP contribution >= 0.6 is 0 Å². The van der Waals surface area contributed by atoms with Crippen LogP contribution in [0.15, 0.2) is 62.7 Å². The largest absolute Gasteiger partial charge is 0.344 e. The fourth-order valence-corrected chi connectivity index (χ4v) is 5.32. The molecule has 1 fully saturated rings. The fourth-order valence-electron chi connectivity index (χ4n) is 2.88. The van der Waals surface area contributed by atoms with E-state index in [-0.39, 0.29) is 28.8 Å². The van der Waals surface area contributed by atoms with Gasteiger partial charge in [0.25, 0.3) is 10.0 Å². The van der Waals surface area contributed by atoms with Gasteiger partial charge in [-0.1, -0.05) is 35.4 Å². The molecule has 0 aliphatic carbocycles. The lowest BCUT2D eigenvalue weighted by atomic mass is 10.2. The molecule has 1 aliphatic heterocycles. The number of sulfonamides is 2. The van der Waals surface area contributed by atoms with Gasteiger partial charge in [-0.2, -0.15) is 12.7 Å². The topological polar surface area (TPSA) is 87.1 Å². The zero-order valence-electron chi connectivity index (χ0n) is 16.0. The van der Waals surface area contributed by atoms with Crippen molar-refractivity contribution in [1.29, 1.82) is 0 Å². The van der Waals surface area contributed by atoms with Crippen LogP contribution in [0.4, 0.5) is 0 Å². The van der Waals surface area contributed by atoms with Gasteiger partial charge in [-0.25, -0.2) is 8.42 Å². The predicted molar refractivity (Wildman–Crippen MR) is 108 cm³/mol. The Balaban J connectivity index is 1.78. The Morgan fingerprint density at radius 3 is 1.86 bits per heavy atom. The van der Waals surface area contributed by atoms with Crippen LogP contribution in [0.5, 0.6) is 0 Å². The Morgan fingerprint density at radius 1 is 0.821 bits per heavy atom. The predicted octanol–water partition coefficient (Wildman–Crippen LogP) is 2.37. The first-order chi connectivity index (χ1) is 13.1. The second-order valence-electron chi connectivity index (χ2n) is 6.83. The van der Waals surface area contributed by atoms with E-state index >= 15 is 0 Å². The van der Waals surface area contributed by atoms with Gasteiger partial charge in [0.05, 0.1) is 16.5 Å². The van der Waals surface area contributed by atoms with Crippen LogP contribution < -0.4 is 0 Å². The summed E-state index contributed by atoms with van der Waals surface area (Å²) in [6.07, 6.45) is 0. The quantitative estimate of drug-likeness (QED) is 0.559. The van der Waals surface area contributed by atoms with E-state index < -0.39 is 20.0 Å².